The Morgan fingerprint density at radius 1 is 1.38 bits per heavy atom. The first-order chi connectivity index (χ1) is 10.1. The fourth-order valence-corrected chi connectivity index (χ4v) is 3.08. The van der Waals surface area contributed by atoms with Gasteiger partial charge in [-0.3, -0.25) is 10.1 Å². The Hall–Kier alpha value is -1.62. The maximum absolute atomic E-state index is 10.9. The van der Waals surface area contributed by atoms with Crippen molar-refractivity contribution < 1.29 is 9.66 Å². The summed E-state index contributed by atoms with van der Waals surface area (Å²) in [4.78, 5) is 10.6. The van der Waals surface area contributed by atoms with Crippen LogP contribution in [0.1, 0.15) is 44.6 Å². The summed E-state index contributed by atoms with van der Waals surface area (Å²) < 4.78 is 5.14. The van der Waals surface area contributed by atoms with Crippen molar-refractivity contribution in [2.45, 2.75) is 51.6 Å². The third-order valence-corrected chi connectivity index (χ3v) is 4.35. The number of nitrogens with zero attached hydrogens (tertiary/aromatic N) is 1. The van der Waals surface area contributed by atoms with Gasteiger partial charge in [-0.2, -0.15) is 0 Å². The fraction of sp³-hybridized carbons (Fsp3) is 0.625. The van der Waals surface area contributed by atoms with Crippen LogP contribution in [0.5, 0.6) is 5.75 Å². The molecule has 5 nitrogen and oxygen atoms in total. The quantitative estimate of drug-likeness (QED) is 0.642. The number of nitro benzene ring substituents is 1. The molecule has 1 N–H and O–H groups in total. The lowest BCUT2D eigenvalue weighted by molar-refractivity contribution is -0.385. The van der Waals surface area contributed by atoms with E-state index in [0.29, 0.717) is 18.3 Å². The van der Waals surface area contributed by atoms with Gasteiger partial charge in [0, 0.05) is 18.7 Å². The maximum atomic E-state index is 10.9. The number of methoxy groups -OCH3 is 1. The van der Waals surface area contributed by atoms with Crippen LogP contribution < -0.4 is 10.1 Å². The molecule has 0 spiro atoms. The van der Waals surface area contributed by atoms with Crippen LogP contribution in [0.25, 0.3) is 0 Å². The molecular weight excluding hydrogens is 268 g/mol. The molecule has 1 aliphatic rings. The third kappa shape index (κ3) is 4.43. The van der Waals surface area contributed by atoms with Crippen molar-refractivity contribution in [2.75, 3.05) is 7.11 Å². The standard InChI is InChI=1S/C16H24N2O3/c1-3-12-5-4-6-14(7-12)17-11-13-8-15(18(19)20)10-16(9-13)21-2/h8-10,12,14,17H,3-7,11H2,1-2H3. The first-order valence-electron chi connectivity index (χ1n) is 7.68. The number of nitro groups is 1. The normalized spacial score (nSPS) is 22.0. The van der Waals surface area contributed by atoms with Crippen molar-refractivity contribution in [3.05, 3.63) is 33.9 Å². The molecule has 2 unspecified atom stereocenters. The number of ether oxygens (including phenoxy) is 1. The predicted molar refractivity (Wildman–Crippen MR) is 82.5 cm³/mol. The molecule has 0 saturated heterocycles. The number of non-ortho nitro benzene ring substituents is 1. The van der Waals surface area contributed by atoms with Crippen molar-refractivity contribution in [3.63, 3.8) is 0 Å². The third-order valence-electron chi connectivity index (χ3n) is 4.35. The van der Waals surface area contributed by atoms with E-state index in [0.717, 1.165) is 11.5 Å². The second kappa shape index (κ2) is 7.41. The van der Waals surface area contributed by atoms with Crippen LogP contribution in [0, 0.1) is 16.0 Å². The Labute approximate surface area is 125 Å². The van der Waals surface area contributed by atoms with Gasteiger partial charge in [0.1, 0.15) is 5.75 Å². The molecule has 2 atom stereocenters. The van der Waals surface area contributed by atoms with Crippen molar-refractivity contribution in [1.29, 1.82) is 0 Å². The van der Waals surface area contributed by atoms with Gasteiger partial charge in [-0.25, -0.2) is 0 Å². The molecule has 116 valence electrons. The number of hydrogen-bond donors (Lipinski definition) is 1. The average Bonchev–Trinajstić information content (AvgIpc) is 2.52. The van der Waals surface area contributed by atoms with E-state index in [9.17, 15) is 10.1 Å². The van der Waals surface area contributed by atoms with E-state index in [2.05, 4.69) is 12.2 Å². The van der Waals surface area contributed by atoms with Gasteiger partial charge < -0.3 is 10.1 Å². The zero-order valence-corrected chi connectivity index (χ0v) is 12.8. The molecular formula is C16H24N2O3. The van der Waals surface area contributed by atoms with Gasteiger partial charge in [0.25, 0.3) is 5.69 Å². The van der Waals surface area contributed by atoms with E-state index < -0.39 is 0 Å². The Bertz CT molecular complexity index is 490. The van der Waals surface area contributed by atoms with E-state index in [1.165, 1.54) is 45.3 Å². The first-order valence-corrected chi connectivity index (χ1v) is 7.68. The Morgan fingerprint density at radius 2 is 2.19 bits per heavy atom. The largest absolute Gasteiger partial charge is 0.496 e. The summed E-state index contributed by atoms with van der Waals surface area (Å²) in [6.07, 6.45) is 6.25. The lowest BCUT2D eigenvalue weighted by atomic mass is 9.84. The average molecular weight is 292 g/mol. The smallest absolute Gasteiger partial charge is 0.273 e. The highest BCUT2D eigenvalue weighted by atomic mass is 16.6. The molecule has 1 aliphatic carbocycles. The monoisotopic (exact) mass is 292 g/mol. The topological polar surface area (TPSA) is 64.4 Å². The zero-order chi connectivity index (χ0) is 15.2. The summed E-state index contributed by atoms with van der Waals surface area (Å²) in [5, 5.41) is 14.5. The molecule has 1 fully saturated rings. The minimum atomic E-state index is -0.375. The predicted octanol–water partition coefficient (Wildman–Crippen LogP) is 3.66. The summed E-state index contributed by atoms with van der Waals surface area (Å²) in [7, 11) is 1.53. The molecule has 0 aromatic heterocycles. The second-order valence-corrected chi connectivity index (χ2v) is 5.82. The SMILES string of the molecule is CCC1CCCC(NCc2cc(OC)cc([N+](=O)[O-])c2)C1. The molecule has 1 aromatic carbocycles. The lowest BCUT2D eigenvalue weighted by Gasteiger charge is -2.29. The van der Waals surface area contributed by atoms with Gasteiger partial charge in [0.15, 0.2) is 0 Å². The molecule has 1 aromatic rings. The van der Waals surface area contributed by atoms with E-state index in [1.54, 1.807) is 6.07 Å². The van der Waals surface area contributed by atoms with E-state index in [4.69, 9.17) is 4.74 Å². The molecule has 2 rings (SSSR count). The number of rotatable bonds is 6. The van der Waals surface area contributed by atoms with Crippen molar-refractivity contribution in [2.24, 2.45) is 5.92 Å². The highest BCUT2D eigenvalue weighted by molar-refractivity contribution is 5.42. The van der Waals surface area contributed by atoms with Gasteiger partial charge in [0.2, 0.25) is 0 Å². The van der Waals surface area contributed by atoms with Crippen LogP contribution in [0.15, 0.2) is 18.2 Å². The first kappa shape index (κ1) is 15.8. The van der Waals surface area contributed by atoms with E-state index in [1.807, 2.05) is 6.07 Å². The molecule has 0 amide bonds. The molecule has 0 radical (unpaired) electrons. The zero-order valence-electron chi connectivity index (χ0n) is 12.8. The highest BCUT2D eigenvalue weighted by Gasteiger charge is 2.20. The Kier molecular flexibility index (Phi) is 5.56. The van der Waals surface area contributed by atoms with Gasteiger partial charge in [0.05, 0.1) is 18.1 Å². The van der Waals surface area contributed by atoms with E-state index >= 15 is 0 Å². The molecule has 21 heavy (non-hydrogen) atoms. The van der Waals surface area contributed by atoms with Crippen LogP contribution in [0.3, 0.4) is 0 Å². The van der Waals surface area contributed by atoms with Crippen LogP contribution in [-0.2, 0) is 6.54 Å². The molecule has 1 saturated carbocycles. The molecule has 0 aliphatic heterocycles. The lowest BCUT2D eigenvalue weighted by Crippen LogP contribution is -2.33. The van der Waals surface area contributed by atoms with Crippen molar-refractivity contribution in [3.8, 4) is 5.75 Å². The fourth-order valence-electron chi connectivity index (χ4n) is 3.08. The van der Waals surface area contributed by atoms with Crippen molar-refractivity contribution in [1.82, 2.24) is 5.32 Å². The minimum Gasteiger partial charge on any atom is -0.496 e. The van der Waals surface area contributed by atoms with Crippen molar-refractivity contribution >= 4 is 5.69 Å². The molecule has 5 heteroatoms. The van der Waals surface area contributed by atoms with Gasteiger partial charge in [-0.15, -0.1) is 0 Å². The Morgan fingerprint density at radius 3 is 2.86 bits per heavy atom. The Balaban J connectivity index is 1.99. The van der Waals surface area contributed by atoms with Gasteiger partial charge >= 0.3 is 0 Å². The summed E-state index contributed by atoms with van der Waals surface area (Å²) in [5.41, 5.74) is 0.987. The van der Waals surface area contributed by atoms with Gasteiger partial charge in [-0.1, -0.05) is 26.2 Å². The van der Waals surface area contributed by atoms with E-state index in [-0.39, 0.29) is 10.6 Å². The van der Waals surface area contributed by atoms with Gasteiger partial charge in [-0.05, 0) is 30.4 Å². The molecule has 0 heterocycles. The number of nitrogens with one attached hydrogen (secondary N) is 1. The summed E-state index contributed by atoms with van der Waals surface area (Å²) in [6.45, 7) is 2.90. The van der Waals surface area contributed by atoms with Crippen LogP contribution >= 0.6 is 0 Å². The number of hydrogen-bond acceptors (Lipinski definition) is 4. The summed E-state index contributed by atoms with van der Waals surface area (Å²) >= 11 is 0. The number of benzene rings is 1. The van der Waals surface area contributed by atoms with Crippen LogP contribution in [0.2, 0.25) is 0 Å². The summed E-state index contributed by atoms with van der Waals surface area (Å²) in [5.74, 6) is 1.35. The maximum Gasteiger partial charge on any atom is 0.273 e. The summed E-state index contributed by atoms with van der Waals surface area (Å²) in [6, 6.07) is 5.46. The highest BCUT2D eigenvalue weighted by Crippen LogP contribution is 2.27. The second-order valence-electron chi connectivity index (χ2n) is 5.82. The molecule has 0 bridgehead atoms. The minimum absolute atomic E-state index is 0.0845. The van der Waals surface area contributed by atoms with Crippen LogP contribution in [0.4, 0.5) is 5.69 Å². The van der Waals surface area contributed by atoms with Crippen LogP contribution in [-0.4, -0.2) is 18.1 Å².